The van der Waals surface area contributed by atoms with Gasteiger partial charge in [-0.05, 0) is 12.1 Å². The molecule has 1 unspecified atom stereocenters. The molecule has 17 heavy (non-hydrogen) atoms. The molecule has 0 aliphatic carbocycles. The molecule has 2 N–H and O–H groups in total. The first kappa shape index (κ1) is 13.1. The van der Waals surface area contributed by atoms with Crippen molar-refractivity contribution >= 4 is 6.09 Å². The third-order valence-corrected chi connectivity index (χ3v) is 1.90. The second-order valence-corrected chi connectivity index (χ2v) is 3.19. The molecule has 0 radical (unpaired) electrons. The maximum Gasteiger partial charge on any atom is 0.404 e. The van der Waals surface area contributed by atoms with E-state index in [2.05, 4.69) is 4.74 Å². The summed E-state index contributed by atoms with van der Waals surface area (Å²) >= 11 is 0. The standard InChI is InChI=1S/C11H14FNO4/c1-15-9-4-2-3-5-10(9)16-6-8(12)7-17-11(13)14/h2-5,8H,6-7H2,1H3,(H2,13,14). The van der Waals surface area contributed by atoms with Gasteiger partial charge in [-0.25, -0.2) is 9.18 Å². The van der Waals surface area contributed by atoms with Gasteiger partial charge in [0.2, 0.25) is 0 Å². The van der Waals surface area contributed by atoms with Crippen molar-refractivity contribution in [2.45, 2.75) is 6.17 Å². The van der Waals surface area contributed by atoms with Gasteiger partial charge in [0.1, 0.15) is 13.2 Å². The van der Waals surface area contributed by atoms with Crippen LogP contribution in [0.2, 0.25) is 0 Å². The van der Waals surface area contributed by atoms with Crippen LogP contribution in [-0.2, 0) is 4.74 Å². The van der Waals surface area contributed by atoms with Crippen molar-refractivity contribution in [3.63, 3.8) is 0 Å². The van der Waals surface area contributed by atoms with E-state index in [1.807, 2.05) is 0 Å². The second kappa shape index (κ2) is 6.57. The predicted octanol–water partition coefficient (Wildman–Crippen LogP) is 1.51. The number of rotatable bonds is 6. The van der Waals surface area contributed by atoms with Crippen LogP contribution in [0.3, 0.4) is 0 Å². The van der Waals surface area contributed by atoms with Crippen molar-refractivity contribution in [1.82, 2.24) is 0 Å². The van der Waals surface area contributed by atoms with Crippen LogP contribution in [0.5, 0.6) is 11.5 Å². The number of nitrogens with two attached hydrogens (primary N) is 1. The first-order valence-corrected chi connectivity index (χ1v) is 4.95. The van der Waals surface area contributed by atoms with Gasteiger partial charge in [0, 0.05) is 0 Å². The van der Waals surface area contributed by atoms with E-state index in [0.717, 1.165) is 0 Å². The minimum absolute atomic E-state index is 0.242. The SMILES string of the molecule is COc1ccccc1OCC(F)COC(N)=O. The fraction of sp³-hybridized carbons (Fsp3) is 0.364. The lowest BCUT2D eigenvalue weighted by atomic mass is 10.3. The molecule has 0 fully saturated rings. The largest absolute Gasteiger partial charge is 0.493 e. The van der Waals surface area contributed by atoms with E-state index in [1.54, 1.807) is 24.3 Å². The highest BCUT2D eigenvalue weighted by Gasteiger charge is 2.11. The minimum atomic E-state index is -1.44. The molecule has 0 spiro atoms. The van der Waals surface area contributed by atoms with E-state index in [4.69, 9.17) is 15.2 Å². The summed E-state index contributed by atoms with van der Waals surface area (Å²) in [6, 6.07) is 6.86. The van der Waals surface area contributed by atoms with Gasteiger partial charge in [-0.3, -0.25) is 0 Å². The van der Waals surface area contributed by atoms with E-state index in [9.17, 15) is 9.18 Å². The van der Waals surface area contributed by atoms with Crippen LogP contribution < -0.4 is 15.2 Å². The van der Waals surface area contributed by atoms with E-state index >= 15 is 0 Å². The molecular weight excluding hydrogens is 229 g/mol. The van der Waals surface area contributed by atoms with Gasteiger partial charge >= 0.3 is 6.09 Å². The monoisotopic (exact) mass is 243 g/mol. The average molecular weight is 243 g/mol. The number of para-hydroxylation sites is 2. The van der Waals surface area contributed by atoms with Crippen molar-refractivity contribution in [1.29, 1.82) is 0 Å². The van der Waals surface area contributed by atoms with Crippen LogP contribution in [0.25, 0.3) is 0 Å². The van der Waals surface area contributed by atoms with Gasteiger partial charge in [0.05, 0.1) is 7.11 Å². The molecular formula is C11H14FNO4. The number of benzene rings is 1. The molecule has 1 amide bonds. The van der Waals surface area contributed by atoms with Gasteiger partial charge < -0.3 is 19.9 Å². The van der Waals surface area contributed by atoms with Crippen molar-refractivity contribution in [2.24, 2.45) is 5.73 Å². The Balaban J connectivity index is 2.41. The molecule has 1 aromatic rings. The topological polar surface area (TPSA) is 70.8 Å². The Kier molecular flexibility index (Phi) is 5.06. The molecule has 0 bridgehead atoms. The molecule has 94 valence electrons. The van der Waals surface area contributed by atoms with Crippen LogP contribution in [0.1, 0.15) is 0 Å². The summed E-state index contributed by atoms with van der Waals surface area (Å²) in [5.41, 5.74) is 4.71. The number of carbonyl (C=O) groups excluding carboxylic acids is 1. The molecule has 1 aromatic carbocycles. The number of hydrogen-bond acceptors (Lipinski definition) is 4. The van der Waals surface area contributed by atoms with Crippen LogP contribution in [0.4, 0.5) is 9.18 Å². The maximum atomic E-state index is 13.2. The van der Waals surface area contributed by atoms with E-state index in [1.165, 1.54) is 7.11 Å². The number of hydrogen-bond donors (Lipinski definition) is 1. The number of primary amides is 1. The fourth-order valence-corrected chi connectivity index (χ4v) is 1.14. The molecule has 0 aromatic heterocycles. The number of halogens is 1. The summed E-state index contributed by atoms with van der Waals surface area (Å²) < 4.78 is 27.7. The van der Waals surface area contributed by atoms with E-state index in [-0.39, 0.29) is 6.61 Å². The van der Waals surface area contributed by atoms with Crippen LogP contribution in [-0.4, -0.2) is 32.6 Å². The quantitative estimate of drug-likeness (QED) is 0.822. The summed E-state index contributed by atoms with van der Waals surface area (Å²) in [6.45, 7) is -0.669. The molecule has 0 saturated carbocycles. The van der Waals surface area contributed by atoms with Gasteiger partial charge in [0.25, 0.3) is 0 Å². The van der Waals surface area contributed by atoms with Crippen LogP contribution in [0.15, 0.2) is 24.3 Å². The molecule has 1 atom stereocenters. The second-order valence-electron chi connectivity index (χ2n) is 3.19. The Hall–Kier alpha value is -1.98. The first-order valence-electron chi connectivity index (χ1n) is 4.95. The molecule has 0 aliphatic heterocycles. The highest BCUT2D eigenvalue weighted by molar-refractivity contribution is 5.64. The van der Waals surface area contributed by atoms with Gasteiger partial charge in [-0.2, -0.15) is 0 Å². The number of alkyl halides is 1. The lowest BCUT2D eigenvalue weighted by molar-refractivity contribution is 0.0932. The first-order chi connectivity index (χ1) is 8.13. The van der Waals surface area contributed by atoms with Gasteiger partial charge in [-0.15, -0.1) is 0 Å². The molecule has 0 aliphatic rings. The zero-order valence-electron chi connectivity index (χ0n) is 9.39. The Morgan fingerprint density at radius 2 is 2.00 bits per heavy atom. The van der Waals surface area contributed by atoms with Gasteiger partial charge in [0.15, 0.2) is 17.7 Å². The van der Waals surface area contributed by atoms with Crippen molar-refractivity contribution in [3.8, 4) is 11.5 Å². The number of carbonyl (C=O) groups is 1. The van der Waals surface area contributed by atoms with Crippen molar-refractivity contribution in [3.05, 3.63) is 24.3 Å². The molecule has 0 heterocycles. The zero-order valence-corrected chi connectivity index (χ0v) is 9.39. The van der Waals surface area contributed by atoms with Crippen molar-refractivity contribution in [2.75, 3.05) is 20.3 Å². The third-order valence-electron chi connectivity index (χ3n) is 1.90. The Morgan fingerprint density at radius 3 is 2.59 bits per heavy atom. The van der Waals surface area contributed by atoms with Crippen LogP contribution in [0, 0.1) is 0 Å². The number of amides is 1. The summed E-state index contributed by atoms with van der Waals surface area (Å²) in [5.74, 6) is 0.937. The van der Waals surface area contributed by atoms with E-state index < -0.39 is 18.9 Å². The van der Waals surface area contributed by atoms with E-state index in [0.29, 0.717) is 11.5 Å². The lowest BCUT2D eigenvalue weighted by Crippen LogP contribution is -2.24. The fourth-order valence-electron chi connectivity index (χ4n) is 1.14. The summed E-state index contributed by atoms with van der Waals surface area (Å²) in [5, 5.41) is 0. The van der Waals surface area contributed by atoms with Crippen molar-refractivity contribution < 1.29 is 23.4 Å². The Morgan fingerprint density at radius 1 is 1.35 bits per heavy atom. The highest BCUT2D eigenvalue weighted by Crippen LogP contribution is 2.25. The smallest absolute Gasteiger partial charge is 0.404 e. The van der Waals surface area contributed by atoms with Crippen LogP contribution >= 0.6 is 0 Å². The molecule has 6 heteroatoms. The summed E-state index contributed by atoms with van der Waals surface area (Å²) in [7, 11) is 1.49. The zero-order chi connectivity index (χ0) is 12.7. The highest BCUT2D eigenvalue weighted by atomic mass is 19.1. The lowest BCUT2D eigenvalue weighted by Gasteiger charge is -2.12. The number of methoxy groups -OCH3 is 1. The third kappa shape index (κ3) is 4.58. The van der Waals surface area contributed by atoms with Gasteiger partial charge in [-0.1, -0.05) is 12.1 Å². The molecule has 5 nitrogen and oxygen atoms in total. The summed E-state index contributed by atoms with van der Waals surface area (Å²) in [6.07, 6.45) is -2.45. The average Bonchev–Trinajstić information content (AvgIpc) is 2.34. The molecule has 0 saturated heterocycles. The Labute approximate surface area is 98.3 Å². The normalized spacial score (nSPS) is 11.6. The summed E-state index contributed by atoms with van der Waals surface area (Å²) in [4.78, 5) is 10.3. The number of ether oxygens (including phenoxy) is 3. The molecule has 1 rings (SSSR count). The maximum absolute atomic E-state index is 13.2. The Bertz CT molecular complexity index is 372. The predicted molar refractivity (Wildman–Crippen MR) is 58.9 cm³/mol. The minimum Gasteiger partial charge on any atom is -0.493 e.